The molecule has 3 atom stereocenters. The molecule has 0 radical (unpaired) electrons. The fourth-order valence-electron chi connectivity index (χ4n) is 2.88. The molecule has 120 valence electrons. The van der Waals surface area contributed by atoms with Crippen LogP contribution in [0.5, 0.6) is 0 Å². The maximum Gasteiger partial charge on any atom is 0.0669 e. The largest absolute Gasteiger partial charge is 0.392 e. The van der Waals surface area contributed by atoms with Crippen LogP contribution in [-0.2, 0) is 4.74 Å². The Hall–Kier alpha value is -0.120. The molecule has 0 amide bonds. The summed E-state index contributed by atoms with van der Waals surface area (Å²) < 4.78 is 5.97. The second-order valence-electron chi connectivity index (χ2n) is 8.65. The molecule has 20 heavy (non-hydrogen) atoms. The van der Waals surface area contributed by atoms with Crippen LogP contribution in [0.25, 0.3) is 0 Å². The number of aliphatic hydroxyl groups is 1. The third-order valence-corrected chi connectivity index (χ3v) is 4.26. The molecule has 3 heteroatoms. The summed E-state index contributed by atoms with van der Waals surface area (Å²) in [5.41, 5.74) is 0.343. The fraction of sp³-hybridized carbons (Fsp3) is 1.00. The minimum Gasteiger partial charge on any atom is -0.392 e. The summed E-state index contributed by atoms with van der Waals surface area (Å²) in [7, 11) is 0. The number of nitrogens with one attached hydrogen (secondary N) is 1. The molecule has 0 aromatic heterocycles. The van der Waals surface area contributed by atoms with Gasteiger partial charge in [0.15, 0.2) is 0 Å². The van der Waals surface area contributed by atoms with Crippen molar-refractivity contribution in [2.45, 2.75) is 79.6 Å². The van der Waals surface area contributed by atoms with Crippen LogP contribution >= 0.6 is 0 Å². The summed E-state index contributed by atoms with van der Waals surface area (Å²) in [6.45, 7) is 16.9. The van der Waals surface area contributed by atoms with Gasteiger partial charge in [-0.15, -0.1) is 0 Å². The molecule has 0 saturated heterocycles. The first-order valence-corrected chi connectivity index (χ1v) is 8.05. The first-order chi connectivity index (χ1) is 9.02. The number of hydrogen-bond donors (Lipinski definition) is 2. The van der Waals surface area contributed by atoms with E-state index in [0.29, 0.717) is 24.6 Å². The average molecular weight is 285 g/mol. The minimum atomic E-state index is -0.263. The molecule has 0 aromatic rings. The molecule has 0 heterocycles. The van der Waals surface area contributed by atoms with Crippen molar-refractivity contribution in [2.24, 2.45) is 16.7 Å². The Balaban J connectivity index is 2.30. The number of ether oxygens (including phenoxy) is 1. The van der Waals surface area contributed by atoms with Gasteiger partial charge < -0.3 is 15.2 Å². The summed E-state index contributed by atoms with van der Waals surface area (Å²) >= 11 is 0. The highest BCUT2D eigenvalue weighted by Gasteiger charge is 2.48. The van der Waals surface area contributed by atoms with Crippen LogP contribution in [0.4, 0.5) is 0 Å². The average Bonchev–Trinajstić information content (AvgIpc) is 2.23. The Morgan fingerprint density at radius 1 is 1.30 bits per heavy atom. The van der Waals surface area contributed by atoms with E-state index in [1.54, 1.807) is 0 Å². The van der Waals surface area contributed by atoms with Gasteiger partial charge in [-0.3, -0.25) is 0 Å². The topological polar surface area (TPSA) is 41.5 Å². The second-order valence-corrected chi connectivity index (χ2v) is 8.65. The van der Waals surface area contributed by atoms with Crippen LogP contribution in [-0.4, -0.2) is 36.5 Å². The fourth-order valence-corrected chi connectivity index (χ4v) is 2.88. The highest BCUT2D eigenvalue weighted by Crippen LogP contribution is 2.43. The Bertz CT molecular complexity index is 294. The normalized spacial score (nSPS) is 27.4. The molecule has 0 bridgehead atoms. The van der Waals surface area contributed by atoms with Gasteiger partial charge in [0.05, 0.1) is 12.2 Å². The van der Waals surface area contributed by atoms with E-state index >= 15 is 0 Å². The zero-order valence-corrected chi connectivity index (χ0v) is 14.5. The van der Waals surface area contributed by atoms with E-state index in [0.717, 1.165) is 19.4 Å². The third-order valence-electron chi connectivity index (χ3n) is 4.26. The van der Waals surface area contributed by atoms with Crippen LogP contribution < -0.4 is 5.32 Å². The van der Waals surface area contributed by atoms with Crippen LogP contribution in [0.15, 0.2) is 0 Å². The molecular weight excluding hydrogens is 250 g/mol. The van der Waals surface area contributed by atoms with Crippen molar-refractivity contribution < 1.29 is 9.84 Å². The van der Waals surface area contributed by atoms with Crippen LogP contribution in [0.2, 0.25) is 0 Å². The molecular formula is C17H35NO2. The molecule has 0 aromatic carbocycles. The SMILES string of the molecule is CC(C)COC1CC(NCC(O)CC(C)(C)C)C1(C)C. The molecule has 3 nitrogen and oxygen atoms in total. The van der Waals surface area contributed by atoms with Crippen molar-refractivity contribution >= 4 is 0 Å². The van der Waals surface area contributed by atoms with Gasteiger partial charge in [-0.25, -0.2) is 0 Å². The molecule has 1 saturated carbocycles. The zero-order chi connectivity index (χ0) is 15.6. The zero-order valence-electron chi connectivity index (χ0n) is 14.5. The standard InChI is InChI=1S/C17H35NO2/c1-12(2)11-20-15-8-14(17(15,6)7)18-10-13(19)9-16(3,4)5/h12-15,18-19H,8-11H2,1-7H3. The van der Waals surface area contributed by atoms with Gasteiger partial charge in [-0.2, -0.15) is 0 Å². The number of aliphatic hydroxyl groups excluding tert-OH is 1. The number of hydrogen-bond acceptors (Lipinski definition) is 3. The van der Waals surface area contributed by atoms with Gasteiger partial charge >= 0.3 is 0 Å². The van der Waals surface area contributed by atoms with E-state index in [1.165, 1.54) is 0 Å². The van der Waals surface area contributed by atoms with Crippen LogP contribution in [0.1, 0.15) is 61.3 Å². The quantitative estimate of drug-likeness (QED) is 0.754. The maximum atomic E-state index is 10.1. The summed E-state index contributed by atoms with van der Waals surface area (Å²) in [4.78, 5) is 0. The second kappa shape index (κ2) is 6.76. The first kappa shape index (κ1) is 17.9. The van der Waals surface area contributed by atoms with Crippen molar-refractivity contribution in [3.63, 3.8) is 0 Å². The molecule has 0 spiro atoms. The van der Waals surface area contributed by atoms with Gasteiger partial charge in [0, 0.05) is 24.6 Å². The maximum absolute atomic E-state index is 10.1. The van der Waals surface area contributed by atoms with Gasteiger partial charge in [0.1, 0.15) is 0 Å². The van der Waals surface area contributed by atoms with Gasteiger partial charge in [-0.05, 0) is 24.2 Å². The lowest BCUT2D eigenvalue weighted by atomic mass is 9.64. The molecule has 2 N–H and O–H groups in total. The van der Waals surface area contributed by atoms with Gasteiger partial charge in [-0.1, -0.05) is 48.5 Å². The summed E-state index contributed by atoms with van der Waals surface area (Å²) in [6.07, 6.45) is 1.98. The smallest absolute Gasteiger partial charge is 0.0669 e. The van der Waals surface area contributed by atoms with Crippen LogP contribution in [0.3, 0.4) is 0 Å². The van der Waals surface area contributed by atoms with Crippen molar-refractivity contribution in [3.05, 3.63) is 0 Å². The Labute approximate surface area is 125 Å². The van der Waals surface area contributed by atoms with Crippen molar-refractivity contribution in [1.82, 2.24) is 5.32 Å². The van der Waals surface area contributed by atoms with E-state index in [-0.39, 0.29) is 16.9 Å². The molecule has 0 aliphatic heterocycles. The van der Waals surface area contributed by atoms with E-state index in [2.05, 4.69) is 53.8 Å². The van der Waals surface area contributed by atoms with Crippen LogP contribution in [0, 0.1) is 16.7 Å². The summed E-state index contributed by atoms with van der Waals surface area (Å²) in [5.74, 6) is 0.589. The highest BCUT2D eigenvalue weighted by molar-refractivity contribution is 5.03. The lowest BCUT2D eigenvalue weighted by Crippen LogP contribution is -2.62. The third kappa shape index (κ3) is 5.34. The predicted octanol–water partition coefficient (Wildman–Crippen LogP) is 3.21. The summed E-state index contributed by atoms with van der Waals surface area (Å²) in [5, 5.41) is 13.6. The van der Waals surface area contributed by atoms with E-state index in [1.807, 2.05) is 0 Å². The minimum absolute atomic E-state index is 0.163. The number of rotatable bonds is 7. The molecule has 1 aliphatic rings. The molecule has 1 aliphatic carbocycles. The van der Waals surface area contributed by atoms with Crippen molar-refractivity contribution in [1.29, 1.82) is 0 Å². The van der Waals surface area contributed by atoms with E-state index in [4.69, 9.17) is 4.74 Å². The molecule has 1 rings (SSSR count). The molecule has 1 fully saturated rings. The van der Waals surface area contributed by atoms with E-state index in [9.17, 15) is 5.11 Å². The molecule has 3 unspecified atom stereocenters. The van der Waals surface area contributed by atoms with E-state index < -0.39 is 0 Å². The first-order valence-electron chi connectivity index (χ1n) is 8.05. The summed E-state index contributed by atoms with van der Waals surface area (Å²) in [6, 6.07) is 0.453. The highest BCUT2D eigenvalue weighted by atomic mass is 16.5. The Kier molecular flexibility index (Phi) is 6.06. The predicted molar refractivity (Wildman–Crippen MR) is 84.8 cm³/mol. The lowest BCUT2D eigenvalue weighted by Gasteiger charge is -2.52. The Morgan fingerprint density at radius 2 is 1.90 bits per heavy atom. The Morgan fingerprint density at radius 3 is 2.35 bits per heavy atom. The van der Waals surface area contributed by atoms with Gasteiger partial charge in [0.25, 0.3) is 0 Å². The van der Waals surface area contributed by atoms with Crippen molar-refractivity contribution in [3.8, 4) is 0 Å². The monoisotopic (exact) mass is 285 g/mol. The van der Waals surface area contributed by atoms with Crippen molar-refractivity contribution in [2.75, 3.05) is 13.2 Å². The van der Waals surface area contributed by atoms with Gasteiger partial charge in [0.2, 0.25) is 0 Å². The lowest BCUT2D eigenvalue weighted by molar-refractivity contribution is -0.125.